The number of hydrogen-bond acceptors (Lipinski definition) is 4. The number of hydrogen-bond donors (Lipinski definition) is 2. The number of halogens is 1. The maximum atomic E-state index is 6.01. The number of anilines is 2. The fraction of sp³-hybridized carbons (Fsp3) is 0.231. The Morgan fingerprint density at radius 3 is 2.95 bits per heavy atom. The van der Waals surface area contributed by atoms with E-state index < -0.39 is 0 Å². The number of nitrogens with one attached hydrogen (secondary N) is 1. The fourth-order valence-corrected chi connectivity index (χ4v) is 3.01. The predicted molar refractivity (Wildman–Crippen MR) is 84.7 cm³/mol. The van der Waals surface area contributed by atoms with E-state index in [4.69, 9.17) is 29.6 Å². The van der Waals surface area contributed by atoms with Crippen LogP contribution in [0, 0.1) is 0 Å². The van der Waals surface area contributed by atoms with Gasteiger partial charge >= 0.3 is 0 Å². The van der Waals surface area contributed by atoms with Crippen LogP contribution in [0.25, 0.3) is 0 Å². The van der Waals surface area contributed by atoms with E-state index in [1.54, 1.807) is 17.4 Å². The van der Waals surface area contributed by atoms with E-state index >= 15 is 0 Å². The Balaban J connectivity index is 1.88. The monoisotopic (exact) mass is 309 g/mol. The Labute approximate surface area is 125 Å². The standard InChI is InChI=1S/C13H12ClN3S2/c14-8-3-4-9(12(15)18)10(5-8)16-13-17-11(6-19-13)7-1-2-7/h3-7H,1-2H2,(H2,15,18)(H,16,17). The second-order valence-electron chi connectivity index (χ2n) is 4.53. The Kier molecular flexibility index (Phi) is 3.43. The summed E-state index contributed by atoms with van der Waals surface area (Å²) >= 11 is 12.6. The van der Waals surface area contributed by atoms with E-state index in [0.29, 0.717) is 15.9 Å². The summed E-state index contributed by atoms with van der Waals surface area (Å²) in [6.07, 6.45) is 2.50. The first kappa shape index (κ1) is 12.8. The van der Waals surface area contributed by atoms with Crippen molar-refractivity contribution in [3.63, 3.8) is 0 Å². The van der Waals surface area contributed by atoms with Crippen LogP contribution in [0.3, 0.4) is 0 Å². The number of thiazole rings is 1. The van der Waals surface area contributed by atoms with Crippen molar-refractivity contribution < 1.29 is 0 Å². The molecule has 1 aromatic carbocycles. The third-order valence-corrected chi connectivity index (χ3v) is 4.24. The lowest BCUT2D eigenvalue weighted by Gasteiger charge is -2.09. The summed E-state index contributed by atoms with van der Waals surface area (Å²) in [5.41, 5.74) is 8.47. The van der Waals surface area contributed by atoms with Gasteiger partial charge in [-0.3, -0.25) is 0 Å². The largest absolute Gasteiger partial charge is 0.389 e. The van der Waals surface area contributed by atoms with Gasteiger partial charge in [0.15, 0.2) is 5.13 Å². The van der Waals surface area contributed by atoms with E-state index in [9.17, 15) is 0 Å². The average molecular weight is 310 g/mol. The SMILES string of the molecule is NC(=S)c1ccc(Cl)cc1Nc1nc(C2CC2)cs1. The molecule has 19 heavy (non-hydrogen) atoms. The lowest BCUT2D eigenvalue weighted by Crippen LogP contribution is -2.11. The van der Waals surface area contributed by atoms with Gasteiger partial charge in [-0.2, -0.15) is 0 Å². The number of thiocarbonyl (C=S) groups is 1. The highest BCUT2D eigenvalue weighted by molar-refractivity contribution is 7.80. The molecular weight excluding hydrogens is 298 g/mol. The van der Waals surface area contributed by atoms with Crippen LogP contribution in [0.2, 0.25) is 5.02 Å². The quantitative estimate of drug-likeness (QED) is 0.837. The van der Waals surface area contributed by atoms with Crippen molar-refractivity contribution in [1.29, 1.82) is 0 Å². The molecule has 98 valence electrons. The van der Waals surface area contributed by atoms with Gasteiger partial charge in [0.1, 0.15) is 4.99 Å². The first-order valence-corrected chi connectivity index (χ1v) is 7.62. The van der Waals surface area contributed by atoms with Gasteiger partial charge < -0.3 is 11.1 Å². The second-order valence-corrected chi connectivity index (χ2v) is 6.27. The highest BCUT2D eigenvalue weighted by atomic mass is 35.5. The Bertz CT molecular complexity index is 635. The van der Waals surface area contributed by atoms with Crippen molar-refractivity contribution in [1.82, 2.24) is 4.98 Å². The smallest absolute Gasteiger partial charge is 0.187 e. The fourth-order valence-electron chi connectivity index (χ4n) is 1.86. The van der Waals surface area contributed by atoms with Gasteiger partial charge in [-0.25, -0.2) is 4.98 Å². The van der Waals surface area contributed by atoms with Gasteiger partial charge in [-0.1, -0.05) is 23.8 Å². The zero-order chi connectivity index (χ0) is 13.4. The number of nitrogens with zero attached hydrogens (tertiary/aromatic N) is 1. The zero-order valence-corrected chi connectivity index (χ0v) is 12.4. The molecule has 0 spiro atoms. The molecule has 3 nitrogen and oxygen atoms in total. The molecule has 6 heteroatoms. The summed E-state index contributed by atoms with van der Waals surface area (Å²) in [6.45, 7) is 0. The maximum absolute atomic E-state index is 6.01. The van der Waals surface area contributed by atoms with Crippen molar-refractivity contribution in [2.24, 2.45) is 5.73 Å². The Hall–Kier alpha value is -1.17. The van der Waals surface area contributed by atoms with Gasteiger partial charge in [0.2, 0.25) is 0 Å². The molecule has 0 saturated heterocycles. The molecule has 0 atom stereocenters. The van der Waals surface area contributed by atoms with Crippen LogP contribution in [-0.4, -0.2) is 9.97 Å². The van der Waals surface area contributed by atoms with Crippen LogP contribution >= 0.6 is 35.2 Å². The summed E-state index contributed by atoms with van der Waals surface area (Å²) in [4.78, 5) is 4.92. The van der Waals surface area contributed by atoms with Gasteiger partial charge in [-0.05, 0) is 31.0 Å². The summed E-state index contributed by atoms with van der Waals surface area (Å²) < 4.78 is 0. The minimum atomic E-state index is 0.345. The first-order chi connectivity index (χ1) is 9.13. The van der Waals surface area contributed by atoms with Crippen LogP contribution in [0.1, 0.15) is 30.0 Å². The molecule has 0 amide bonds. The molecule has 0 radical (unpaired) electrons. The molecule has 0 bridgehead atoms. The zero-order valence-electron chi connectivity index (χ0n) is 10.0. The van der Waals surface area contributed by atoms with Crippen LogP contribution in [0.4, 0.5) is 10.8 Å². The second kappa shape index (κ2) is 5.07. The van der Waals surface area contributed by atoms with Crippen LogP contribution in [0.15, 0.2) is 23.6 Å². The van der Waals surface area contributed by atoms with Crippen LogP contribution in [-0.2, 0) is 0 Å². The molecule has 3 rings (SSSR count). The molecular formula is C13H12ClN3S2. The molecule has 1 fully saturated rings. The van der Waals surface area contributed by atoms with E-state index in [0.717, 1.165) is 16.4 Å². The molecule has 1 saturated carbocycles. The highest BCUT2D eigenvalue weighted by Crippen LogP contribution is 2.41. The van der Waals surface area contributed by atoms with Crippen molar-refractivity contribution in [2.45, 2.75) is 18.8 Å². The van der Waals surface area contributed by atoms with E-state index in [-0.39, 0.29) is 0 Å². The lowest BCUT2D eigenvalue weighted by molar-refractivity contribution is 1.05. The highest BCUT2D eigenvalue weighted by Gasteiger charge is 2.26. The van der Waals surface area contributed by atoms with E-state index in [2.05, 4.69) is 15.7 Å². The van der Waals surface area contributed by atoms with Gasteiger partial charge in [-0.15, -0.1) is 11.3 Å². The summed E-state index contributed by atoms with van der Waals surface area (Å²) in [7, 11) is 0. The molecule has 0 aliphatic heterocycles. The van der Waals surface area contributed by atoms with Crippen molar-refractivity contribution >= 4 is 51.0 Å². The lowest BCUT2D eigenvalue weighted by atomic mass is 10.2. The minimum Gasteiger partial charge on any atom is -0.389 e. The summed E-state index contributed by atoms with van der Waals surface area (Å²) in [5, 5.41) is 6.84. The molecule has 1 aliphatic carbocycles. The van der Waals surface area contributed by atoms with Crippen LogP contribution < -0.4 is 11.1 Å². The molecule has 3 N–H and O–H groups in total. The third kappa shape index (κ3) is 2.88. The van der Waals surface area contributed by atoms with Gasteiger partial charge in [0, 0.05) is 21.9 Å². The molecule has 1 aromatic heterocycles. The van der Waals surface area contributed by atoms with Gasteiger partial charge in [0.25, 0.3) is 0 Å². The molecule has 2 aromatic rings. The minimum absolute atomic E-state index is 0.345. The number of benzene rings is 1. The van der Waals surface area contributed by atoms with Crippen molar-refractivity contribution in [3.8, 4) is 0 Å². The number of rotatable bonds is 4. The summed E-state index contributed by atoms with van der Waals surface area (Å²) in [5.74, 6) is 0.654. The maximum Gasteiger partial charge on any atom is 0.187 e. The van der Waals surface area contributed by atoms with Crippen LogP contribution in [0.5, 0.6) is 0 Å². The van der Waals surface area contributed by atoms with Gasteiger partial charge in [0.05, 0.1) is 11.4 Å². The third-order valence-electron chi connectivity index (χ3n) is 3.01. The molecule has 0 unspecified atom stereocenters. The van der Waals surface area contributed by atoms with Crippen molar-refractivity contribution in [2.75, 3.05) is 5.32 Å². The van der Waals surface area contributed by atoms with Crippen molar-refractivity contribution in [3.05, 3.63) is 39.9 Å². The van der Waals surface area contributed by atoms with E-state index in [1.165, 1.54) is 18.5 Å². The predicted octanol–water partition coefficient (Wildman–Crippen LogP) is 4.05. The average Bonchev–Trinajstić information content (AvgIpc) is 3.10. The molecule has 1 aliphatic rings. The van der Waals surface area contributed by atoms with E-state index in [1.807, 2.05) is 12.1 Å². The number of nitrogens with two attached hydrogens (primary N) is 1. The normalized spacial score (nSPS) is 14.4. The summed E-state index contributed by atoms with van der Waals surface area (Å²) in [6, 6.07) is 5.41. The Morgan fingerprint density at radius 2 is 2.26 bits per heavy atom. The number of aromatic nitrogens is 1. The topological polar surface area (TPSA) is 50.9 Å². The first-order valence-electron chi connectivity index (χ1n) is 5.95. The Morgan fingerprint density at radius 1 is 1.47 bits per heavy atom. The molecule has 1 heterocycles.